The van der Waals surface area contributed by atoms with Crippen molar-refractivity contribution in [2.45, 2.75) is 110 Å². The van der Waals surface area contributed by atoms with Gasteiger partial charge in [-0.2, -0.15) is 0 Å². The fourth-order valence-electron chi connectivity index (χ4n) is 3.10. The van der Waals surface area contributed by atoms with Crippen LogP contribution in [0.5, 0.6) is 0 Å². The molecule has 0 saturated carbocycles. The minimum absolute atomic E-state index is 0. The summed E-state index contributed by atoms with van der Waals surface area (Å²) in [5, 5.41) is 0. The zero-order chi connectivity index (χ0) is 19.5. The van der Waals surface area contributed by atoms with Gasteiger partial charge in [-0.25, -0.2) is 8.42 Å². The number of unbranched alkanes of at least 4 members (excludes halogenated alkanes) is 12. The molecule has 0 saturated heterocycles. The zero-order valence-electron chi connectivity index (χ0n) is 18.1. The van der Waals surface area contributed by atoms with Crippen molar-refractivity contribution in [1.29, 1.82) is 0 Å². The molecule has 0 bridgehead atoms. The van der Waals surface area contributed by atoms with Crippen molar-refractivity contribution < 1.29 is 68.5 Å². The Balaban J connectivity index is 0. The predicted molar refractivity (Wildman–Crippen MR) is 109 cm³/mol. The Hall–Kier alpha value is 1.25. The molecule has 1 unspecified atom stereocenters. The van der Waals surface area contributed by atoms with Crippen LogP contribution in [0, 0.1) is 5.92 Å². The molecule has 0 heterocycles. The molecule has 0 radical (unpaired) electrons. The Labute approximate surface area is 211 Å². The van der Waals surface area contributed by atoms with E-state index in [-0.39, 0.29) is 63.9 Å². The minimum Gasteiger partial charge on any atom is -0.726 e. The van der Waals surface area contributed by atoms with Gasteiger partial charge in [-0.1, -0.05) is 103 Å². The van der Waals surface area contributed by atoms with Gasteiger partial charge in [0.2, 0.25) is 10.4 Å². The molecule has 1 atom stereocenters. The largest absolute Gasteiger partial charge is 1.00 e. The summed E-state index contributed by atoms with van der Waals surface area (Å²) in [4.78, 5) is 0. The average Bonchev–Trinajstić information content (AvgIpc) is 2.59. The smallest absolute Gasteiger partial charge is 0.726 e. The van der Waals surface area contributed by atoms with Gasteiger partial charge in [-0.3, -0.25) is 4.18 Å². The third-order valence-electron chi connectivity index (χ3n) is 4.74. The van der Waals surface area contributed by atoms with Crippen LogP contribution in [0.2, 0.25) is 0 Å². The molecule has 0 N–H and O–H groups in total. The molecule has 0 amide bonds. The fourth-order valence-corrected chi connectivity index (χ4v) is 3.44. The van der Waals surface area contributed by atoms with E-state index in [9.17, 15) is 13.0 Å². The Bertz CT molecular complexity index is 424. The summed E-state index contributed by atoms with van der Waals surface area (Å²) in [5.41, 5.74) is 0. The molecular formula is C21H41KO4S. The maximum atomic E-state index is 10.7. The van der Waals surface area contributed by atoms with Crippen LogP contribution in [-0.2, 0) is 14.6 Å². The summed E-state index contributed by atoms with van der Waals surface area (Å²) >= 11 is 0. The van der Waals surface area contributed by atoms with Crippen LogP contribution in [0.3, 0.4) is 0 Å². The van der Waals surface area contributed by atoms with E-state index in [4.69, 9.17) is 0 Å². The summed E-state index contributed by atoms with van der Waals surface area (Å²) < 4.78 is 36.6. The van der Waals surface area contributed by atoms with Crippen LogP contribution in [0.1, 0.15) is 110 Å². The molecule has 0 fully saturated rings. The van der Waals surface area contributed by atoms with Crippen LogP contribution < -0.4 is 51.4 Å². The molecule has 0 aliphatic heterocycles. The van der Waals surface area contributed by atoms with Crippen molar-refractivity contribution in [1.82, 2.24) is 0 Å². The van der Waals surface area contributed by atoms with E-state index in [0.717, 1.165) is 25.7 Å². The molecule has 0 aliphatic carbocycles. The van der Waals surface area contributed by atoms with Crippen LogP contribution in [-0.4, -0.2) is 19.6 Å². The van der Waals surface area contributed by atoms with Crippen LogP contribution in [0.4, 0.5) is 0 Å². The Morgan fingerprint density at radius 1 is 0.815 bits per heavy atom. The van der Waals surface area contributed by atoms with Crippen molar-refractivity contribution in [3.8, 4) is 0 Å². The number of hydrogen-bond donors (Lipinski definition) is 0. The van der Waals surface area contributed by atoms with Crippen molar-refractivity contribution >= 4 is 10.4 Å². The van der Waals surface area contributed by atoms with Gasteiger partial charge in [0, 0.05) is 5.92 Å². The summed E-state index contributed by atoms with van der Waals surface area (Å²) in [7, 11) is -4.60. The Kier molecular flexibility index (Phi) is 24.7. The van der Waals surface area contributed by atoms with Crippen LogP contribution >= 0.6 is 0 Å². The Morgan fingerprint density at radius 3 is 1.81 bits per heavy atom. The van der Waals surface area contributed by atoms with Crippen molar-refractivity contribution in [3.63, 3.8) is 0 Å². The van der Waals surface area contributed by atoms with Gasteiger partial charge in [0.25, 0.3) is 0 Å². The molecule has 0 aromatic carbocycles. The van der Waals surface area contributed by atoms with E-state index in [0.29, 0.717) is 0 Å². The first kappa shape index (κ1) is 30.4. The first-order valence-electron chi connectivity index (χ1n) is 10.8. The second-order valence-electron chi connectivity index (χ2n) is 7.35. The van der Waals surface area contributed by atoms with Gasteiger partial charge in [0.15, 0.2) is 0 Å². The molecule has 0 aliphatic rings. The fraction of sp³-hybridized carbons (Fsp3) is 0.905. The summed E-state index contributed by atoms with van der Waals surface area (Å²) in [5.74, 6) is 0.0226. The van der Waals surface area contributed by atoms with Gasteiger partial charge in [0.1, 0.15) is 0 Å². The first-order valence-corrected chi connectivity index (χ1v) is 12.1. The molecular weight excluding hydrogens is 387 g/mol. The van der Waals surface area contributed by atoms with Gasteiger partial charge in [-0.05, 0) is 19.3 Å². The predicted octanol–water partition coefficient (Wildman–Crippen LogP) is 3.53. The molecule has 27 heavy (non-hydrogen) atoms. The number of rotatable bonds is 19. The molecule has 0 aromatic heterocycles. The van der Waals surface area contributed by atoms with E-state index >= 15 is 0 Å². The van der Waals surface area contributed by atoms with Crippen molar-refractivity contribution in [3.05, 3.63) is 12.2 Å². The quantitative estimate of drug-likeness (QED) is 0.104. The van der Waals surface area contributed by atoms with E-state index in [2.05, 4.69) is 24.1 Å². The number of hydrogen-bond acceptors (Lipinski definition) is 4. The van der Waals surface area contributed by atoms with Crippen LogP contribution in [0.15, 0.2) is 12.2 Å². The summed E-state index contributed by atoms with van der Waals surface area (Å²) in [6.45, 7) is 4.41. The monoisotopic (exact) mass is 428 g/mol. The van der Waals surface area contributed by atoms with Crippen molar-refractivity contribution in [2.75, 3.05) is 6.61 Å². The SMILES string of the molecule is CCCCCC/C=C/C(CCCCCCCCCCC)COS(=O)(=O)[O-].[K+]. The molecule has 0 rings (SSSR count). The maximum Gasteiger partial charge on any atom is 1.00 e. The zero-order valence-corrected chi connectivity index (χ0v) is 22.0. The third-order valence-corrected chi connectivity index (χ3v) is 5.16. The minimum atomic E-state index is -4.60. The van der Waals surface area contributed by atoms with Gasteiger partial charge in [0.05, 0.1) is 6.61 Å². The van der Waals surface area contributed by atoms with Gasteiger partial charge in [-0.15, -0.1) is 0 Å². The molecule has 156 valence electrons. The maximum absolute atomic E-state index is 10.7. The van der Waals surface area contributed by atoms with Crippen molar-refractivity contribution in [2.24, 2.45) is 5.92 Å². The topological polar surface area (TPSA) is 66.4 Å². The molecule has 0 aromatic rings. The normalized spacial score (nSPS) is 13.0. The summed E-state index contributed by atoms with van der Waals surface area (Å²) in [6, 6.07) is 0. The second-order valence-corrected chi connectivity index (χ2v) is 8.40. The van der Waals surface area contributed by atoms with E-state index in [1.165, 1.54) is 70.6 Å². The standard InChI is InChI=1S/C21H42O4S.K/c1-3-5-7-9-11-12-13-15-17-19-21(20-25-26(22,23)24)18-16-14-10-8-6-4-2;/h16,18,21H,3-15,17,19-20H2,1-2H3,(H,22,23,24);/q;+1/p-1/b18-16+;. The van der Waals surface area contributed by atoms with E-state index in [1.807, 2.05) is 6.08 Å². The molecule has 6 heteroatoms. The molecule has 0 spiro atoms. The first-order chi connectivity index (χ1) is 12.5. The van der Waals surface area contributed by atoms with Gasteiger partial charge >= 0.3 is 51.4 Å². The van der Waals surface area contributed by atoms with Gasteiger partial charge < -0.3 is 4.55 Å². The summed E-state index contributed by atoms with van der Waals surface area (Å²) in [6.07, 6.45) is 22.3. The van der Waals surface area contributed by atoms with E-state index < -0.39 is 10.4 Å². The van der Waals surface area contributed by atoms with E-state index in [1.54, 1.807) is 0 Å². The average molecular weight is 429 g/mol. The molecule has 4 nitrogen and oxygen atoms in total. The van der Waals surface area contributed by atoms with Crippen LogP contribution in [0.25, 0.3) is 0 Å². The third kappa shape index (κ3) is 25.2. The Morgan fingerprint density at radius 2 is 1.30 bits per heavy atom. The second kappa shape index (κ2) is 21.9. The number of allylic oxidation sites excluding steroid dienone is 1.